The maximum absolute atomic E-state index is 11.4. The van der Waals surface area contributed by atoms with Crippen molar-refractivity contribution in [3.8, 4) is 28.5 Å². The number of ether oxygens (including phenoxy) is 1. The minimum atomic E-state index is -0.730. The van der Waals surface area contributed by atoms with Crippen molar-refractivity contribution in [1.29, 1.82) is 0 Å². The summed E-state index contributed by atoms with van der Waals surface area (Å²) in [4.78, 5) is 28.3. The van der Waals surface area contributed by atoms with Gasteiger partial charge in [0, 0.05) is 35.3 Å². The fraction of sp³-hybridized carbons (Fsp3) is 0.280. The zero-order valence-electron chi connectivity index (χ0n) is 18.3. The number of nitrogens with one attached hydrogen (secondary N) is 1. The summed E-state index contributed by atoms with van der Waals surface area (Å²) < 4.78 is 5.99. The third kappa shape index (κ3) is 4.24. The predicted octanol–water partition coefficient (Wildman–Crippen LogP) is 4.68. The second-order valence-corrected chi connectivity index (χ2v) is 8.86. The van der Waals surface area contributed by atoms with E-state index in [-0.39, 0.29) is 6.10 Å². The van der Waals surface area contributed by atoms with E-state index >= 15 is 0 Å². The molecular formula is C25H25N5O3. The van der Waals surface area contributed by atoms with Crippen LogP contribution in [0.2, 0.25) is 0 Å². The van der Waals surface area contributed by atoms with E-state index in [0.717, 1.165) is 33.7 Å². The average Bonchev–Trinajstić information content (AvgIpc) is 3.24. The Morgan fingerprint density at radius 2 is 1.85 bits per heavy atom. The summed E-state index contributed by atoms with van der Waals surface area (Å²) in [7, 11) is 0. The molecule has 0 atom stereocenters. The molecule has 0 spiro atoms. The molecule has 4 aromatic rings. The van der Waals surface area contributed by atoms with Crippen LogP contribution in [0.5, 0.6) is 5.88 Å². The van der Waals surface area contributed by atoms with E-state index < -0.39 is 11.4 Å². The van der Waals surface area contributed by atoms with Crippen molar-refractivity contribution in [1.82, 2.24) is 19.9 Å². The molecule has 3 heterocycles. The zero-order chi connectivity index (χ0) is 23.0. The van der Waals surface area contributed by atoms with Crippen LogP contribution in [-0.4, -0.2) is 37.1 Å². The second-order valence-electron chi connectivity index (χ2n) is 8.86. The SMILES string of the molecule is CC1(C(=O)O)CCC(Oc2ccc(-c3ccc(-c4nc5ccc(N)cc5[nH]4)cn3)cn2)CC1. The van der Waals surface area contributed by atoms with E-state index in [9.17, 15) is 9.90 Å². The molecule has 0 aliphatic heterocycles. The summed E-state index contributed by atoms with van der Waals surface area (Å²) in [6.45, 7) is 1.81. The van der Waals surface area contributed by atoms with Gasteiger partial charge in [0.1, 0.15) is 11.9 Å². The lowest BCUT2D eigenvalue weighted by Gasteiger charge is -2.33. The van der Waals surface area contributed by atoms with Crippen LogP contribution in [0.15, 0.2) is 54.9 Å². The van der Waals surface area contributed by atoms with Gasteiger partial charge in [-0.05, 0) is 69.0 Å². The number of carboxylic acids is 1. The average molecular weight is 444 g/mol. The summed E-state index contributed by atoms with van der Waals surface area (Å²) >= 11 is 0. The Bertz CT molecular complexity index is 1290. The lowest BCUT2D eigenvalue weighted by molar-refractivity contribution is -0.150. The highest BCUT2D eigenvalue weighted by atomic mass is 16.5. The molecular weight excluding hydrogens is 418 g/mol. The molecule has 1 aromatic carbocycles. The van der Waals surface area contributed by atoms with Gasteiger partial charge >= 0.3 is 5.97 Å². The Kier molecular flexibility index (Phi) is 5.20. The summed E-state index contributed by atoms with van der Waals surface area (Å²) in [5.74, 6) is 0.552. The molecule has 0 bridgehead atoms. The molecule has 4 N–H and O–H groups in total. The first-order chi connectivity index (χ1) is 15.9. The van der Waals surface area contributed by atoms with Crippen molar-refractivity contribution in [2.24, 2.45) is 5.41 Å². The van der Waals surface area contributed by atoms with Crippen molar-refractivity contribution in [2.45, 2.75) is 38.7 Å². The lowest BCUT2D eigenvalue weighted by Crippen LogP contribution is -2.36. The number of hydrogen-bond donors (Lipinski definition) is 3. The van der Waals surface area contributed by atoms with Crippen LogP contribution in [0, 0.1) is 5.41 Å². The van der Waals surface area contributed by atoms with Crippen molar-refractivity contribution in [3.05, 3.63) is 54.9 Å². The molecule has 1 saturated carbocycles. The van der Waals surface area contributed by atoms with Crippen LogP contribution in [0.1, 0.15) is 32.6 Å². The number of imidazole rings is 1. The van der Waals surface area contributed by atoms with Crippen molar-refractivity contribution >= 4 is 22.7 Å². The third-order valence-corrected chi connectivity index (χ3v) is 6.41. The van der Waals surface area contributed by atoms with Crippen LogP contribution in [0.3, 0.4) is 0 Å². The van der Waals surface area contributed by atoms with Crippen LogP contribution < -0.4 is 10.5 Å². The molecule has 1 aliphatic carbocycles. The number of aromatic amines is 1. The minimum absolute atomic E-state index is 0.00709. The van der Waals surface area contributed by atoms with E-state index in [0.29, 0.717) is 37.3 Å². The highest BCUT2D eigenvalue weighted by Gasteiger charge is 2.38. The van der Waals surface area contributed by atoms with Crippen molar-refractivity contribution in [3.63, 3.8) is 0 Å². The van der Waals surface area contributed by atoms with Gasteiger partial charge < -0.3 is 20.6 Å². The van der Waals surface area contributed by atoms with Gasteiger partial charge in [-0.15, -0.1) is 0 Å². The lowest BCUT2D eigenvalue weighted by atomic mass is 9.75. The largest absolute Gasteiger partial charge is 0.481 e. The second kappa shape index (κ2) is 8.20. The molecule has 0 unspecified atom stereocenters. The third-order valence-electron chi connectivity index (χ3n) is 6.41. The fourth-order valence-corrected chi connectivity index (χ4v) is 4.20. The van der Waals surface area contributed by atoms with E-state index in [1.165, 1.54) is 0 Å². The van der Waals surface area contributed by atoms with Gasteiger partial charge in [-0.3, -0.25) is 9.78 Å². The molecule has 0 amide bonds. The Morgan fingerprint density at radius 3 is 2.52 bits per heavy atom. The van der Waals surface area contributed by atoms with E-state index in [1.807, 2.05) is 42.5 Å². The standard InChI is InChI=1S/C25H25N5O3/c1-25(24(31)32)10-8-18(9-11-25)33-22-7-3-15(13-28-22)19-5-2-16(14-27-19)23-29-20-6-4-17(26)12-21(20)30-23/h2-7,12-14,18H,8-11,26H2,1H3,(H,29,30)(H,31,32). The van der Waals surface area contributed by atoms with Gasteiger partial charge in [-0.2, -0.15) is 0 Å². The summed E-state index contributed by atoms with van der Waals surface area (Å²) in [5.41, 5.74) is 10.2. The number of carbonyl (C=O) groups is 1. The van der Waals surface area contributed by atoms with E-state index in [1.54, 1.807) is 19.3 Å². The number of fused-ring (bicyclic) bond motifs is 1. The molecule has 1 aliphatic rings. The fourth-order valence-electron chi connectivity index (χ4n) is 4.20. The minimum Gasteiger partial charge on any atom is -0.481 e. The number of nitrogens with zero attached hydrogens (tertiary/aromatic N) is 3. The molecule has 1 fully saturated rings. The smallest absolute Gasteiger partial charge is 0.309 e. The first kappa shape index (κ1) is 20.9. The molecule has 3 aromatic heterocycles. The van der Waals surface area contributed by atoms with Crippen molar-refractivity contribution in [2.75, 3.05) is 5.73 Å². The van der Waals surface area contributed by atoms with Gasteiger partial charge in [0.05, 0.1) is 22.1 Å². The Morgan fingerprint density at radius 1 is 1.09 bits per heavy atom. The monoisotopic (exact) mass is 443 g/mol. The number of pyridine rings is 2. The zero-order valence-corrected chi connectivity index (χ0v) is 18.3. The van der Waals surface area contributed by atoms with Crippen LogP contribution in [0.25, 0.3) is 33.7 Å². The summed E-state index contributed by atoms with van der Waals surface area (Å²) in [6, 6.07) is 13.2. The van der Waals surface area contributed by atoms with E-state index in [2.05, 4.69) is 19.9 Å². The highest BCUT2D eigenvalue weighted by molar-refractivity contribution is 5.82. The van der Waals surface area contributed by atoms with Crippen LogP contribution in [0.4, 0.5) is 5.69 Å². The topological polar surface area (TPSA) is 127 Å². The number of nitrogens with two attached hydrogens (primary N) is 1. The highest BCUT2D eigenvalue weighted by Crippen LogP contribution is 2.37. The molecule has 8 nitrogen and oxygen atoms in total. The first-order valence-electron chi connectivity index (χ1n) is 11.0. The number of benzene rings is 1. The van der Waals surface area contributed by atoms with Gasteiger partial charge in [-0.25, -0.2) is 9.97 Å². The molecule has 5 rings (SSSR count). The summed E-state index contributed by atoms with van der Waals surface area (Å²) in [6.07, 6.45) is 6.16. The van der Waals surface area contributed by atoms with Gasteiger partial charge in [-0.1, -0.05) is 0 Å². The summed E-state index contributed by atoms with van der Waals surface area (Å²) in [5, 5.41) is 9.37. The predicted molar refractivity (Wildman–Crippen MR) is 126 cm³/mol. The number of H-pyrrole nitrogens is 1. The maximum Gasteiger partial charge on any atom is 0.309 e. The van der Waals surface area contributed by atoms with Gasteiger partial charge in [0.15, 0.2) is 0 Å². The molecule has 33 heavy (non-hydrogen) atoms. The number of aromatic nitrogens is 4. The van der Waals surface area contributed by atoms with Crippen LogP contribution >= 0.6 is 0 Å². The van der Waals surface area contributed by atoms with Crippen LogP contribution in [-0.2, 0) is 4.79 Å². The number of aliphatic carboxylic acids is 1. The molecule has 0 saturated heterocycles. The Balaban J connectivity index is 1.25. The Labute approximate surface area is 190 Å². The molecule has 8 heteroatoms. The normalized spacial score (nSPS) is 20.6. The number of hydrogen-bond acceptors (Lipinski definition) is 6. The van der Waals surface area contributed by atoms with Gasteiger partial charge in [0.2, 0.25) is 5.88 Å². The number of anilines is 1. The number of rotatable bonds is 5. The molecule has 168 valence electrons. The first-order valence-corrected chi connectivity index (χ1v) is 11.0. The number of carboxylic acid groups (broad SMARTS) is 1. The maximum atomic E-state index is 11.4. The van der Waals surface area contributed by atoms with Gasteiger partial charge in [0.25, 0.3) is 0 Å². The van der Waals surface area contributed by atoms with E-state index in [4.69, 9.17) is 10.5 Å². The quantitative estimate of drug-likeness (QED) is 0.382. The Hall–Kier alpha value is -3.94. The van der Waals surface area contributed by atoms with Crippen molar-refractivity contribution < 1.29 is 14.6 Å². The molecule has 0 radical (unpaired) electrons. The number of nitrogen functional groups attached to an aromatic ring is 1.